The van der Waals surface area contributed by atoms with E-state index in [9.17, 15) is 4.79 Å². The maximum absolute atomic E-state index is 11.5. The molecule has 1 rings (SSSR count). The number of hydrogen-bond donors (Lipinski definition) is 2. The summed E-state index contributed by atoms with van der Waals surface area (Å²) in [6, 6.07) is 6.04. The van der Waals surface area contributed by atoms with Crippen LogP contribution in [-0.2, 0) is 11.3 Å². The molecular formula is C14H21BrN2O2. The highest BCUT2D eigenvalue weighted by atomic mass is 79.9. The normalized spacial score (nSPS) is 10.6. The molecule has 1 aromatic rings. The number of ether oxygens (including phenoxy) is 1. The van der Waals surface area contributed by atoms with Crippen LogP contribution in [0.3, 0.4) is 0 Å². The number of rotatable bonds is 7. The van der Waals surface area contributed by atoms with Crippen LogP contribution in [0.4, 0.5) is 0 Å². The Morgan fingerprint density at radius 2 is 2.16 bits per heavy atom. The lowest BCUT2D eigenvalue weighted by atomic mass is 10.2. The van der Waals surface area contributed by atoms with Crippen molar-refractivity contribution >= 4 is 21.8 Å². The van der Waals surface area contributed by atoms with Gasteiger partial charge in [-0.15, -0.1) is 0 Å². The van der Waals surface area contributed by atoms with Gasteiger partial charge >= 0.3 is 0 Å². The van der Waals surface area contributed by atoms with E-state index in [1.165, 1.54) is 0 Å². The summed E-state index contributed by atoms with van der Waals surface area (Å²) in [7, 11) is 1.65. The van der Waals surface area contributed by atoms with E-state index in [2.05, 4.69) is 26.6 Å². The number of carbonyl (C=O) groups excluding carboxylic acids is 1. The predicted octanol–water partition coefficient (Wildman–Crippen LogP) is 2.46. The topological polar surface area (TPSA) is 50.4 Å². The molecule has 1 amide bonds. The second-order valence-electron chi connectivity index (χ2n) is 4.61. The minimum absolute atomic E-state index is 0.0761. The van der Waals surface area contributed by atoms with Crippen molar-refractivity contribution in [2.24, 2.45) is 0 Å². The number of nitrogens with one attached hydrogen (secondary N) is 2. The van der Waals surface area contributed by atoms with E-state index in [0.717, 1.165) is 15.8 Å². The number of hydrogen-bond acceptors (Lipinski definition) is 3. The van der Waals surface area contributed by atoms with Crippen LogP contribution >= 0.6 is 15.9 Å². The number of halogens is 1. The van der Waals surface area contributed by atoms with Crippen molar-refractivity contribution in [3.05, 3.63) is 28.2 Å². The van der Waals surface area contributed by atoms with Gasteiger partial charge in [0.2, 0.25) is 5.91 Å². The zero-order valence-corrected chi connectivity index (χ0v) is 13.2. The number of amides is 1. The van der Waals surface area contributed by atoms with Crippen molar-refractivity contribution in [1.82, 2.24) is 10.6 Å². The zero-order valence-electron chi connectivity index (χ0n) is 11.6. The summed E-state index contributed by atoms with van der Waals surface area (Å²) in [5, 5.41) is 6.11. The van der Waals surface area contributed by atoms with Crippen molar-refractivity contribution in [2.75, 3.05) is 13.7 Å². The molecule has 19 heavy (non-hydrogen) atoms. The molecule has 4 nitrogen and oxygen atoms in total. The molecule has 0 fully saturated rings. The monoisotopic (exact) mass is 328 g/mol. The van der Waals surface area contributed by atoms with Crippen LogP contribution < -0.4 is 15.4 Å². The minimum Gasteiger partial charge on any atom is -0.497 e. The predicted molar refractivity (Wildman–Crippen MR) is 80.3 cm³/mol. The van der Waals surface area contributed by atoms with E-state index in [4.69, 9.17) is 4.74 Å². The van der Waals surface area contributed by atoms with Gasteiger partial charge in [-0.25, -0.2) is 0 Å². The summed E-state index contributed by atoms with van der Waals surface area (Å²) in [4.78, 5) is 11.5. The highest BCUT2D eigenvalue weighted by Gasteiger charge is 2.04. The Morgan fingerprint density at radius 3 is 2.79 bits per heavy atom. The summed E-state index contributed by atoms with van der Waals surface area (Å²) in [5.41, 5.74) is 1.11. The van der Waals surface area contributed by atoms with E-state index in [1.54, 1.807) is 7.11 Å². The molecule has 5 heteroatoms. The first-order chi connectivity index (χ1) is 9.02. The van der Waals surface area contributed by atoms with Gasteiger partial charge in [-0.3, -0.25) is 4.79 Å². The molecule has 1 aromatic carbocycles. The first-order valence-electron chi connectivity index (χ1n) is 6.35. The number of carbonyl (C=O) groups is 1. The Balaban J connectivity index is 2.35. The van der Waals surface area contributed by atoms with Gasteiger partial charge in [-0.1, -0.05) is 15.9 Å². The summed E-state index contributed by atoms with van der Waals surface area (Å²) in [6.45, 7) is 5.27. The number of benzene rings is 1. The van der Waals surface area contributed by atoms with E-state index >= 15 is 0 Å². The lowest BCUT2D eigenvalue weighted by Gasteiger charge is -2.10. The quantitative estimate of drug-likeness (QED) is 0.756. The standard InChI is InChI=1S/C14H21BrN2O2/c1-10(2)17-14(18)6-7-16-9-11-8-12(19-3)4-5-13(11)15/h4-5,8,10,16H,6-7,9H2,1-3H3,(H,17,18). The van der Waals surface area contributed by atoms with Crippen LogP contribution in [0.15, 0.2) is 22.7 Å². The molecule has 0 saturated heterocycles. The molecular weight excluding hydrogens is 308 g/mol. The molecule has 0 saturated carbocycles. The largest absolute Gasteiger partial charge is 0.497 e. The summed E-state index contributed by atoms with van der Waals surface area (Å²) in [5.74, 6) is 0.907. The molecule has 0 spiro atoms. The van der Waals surface area contributed by atoms with Gasteiger partial charge in [0.1, 0.15) is 5.75 Å². The second kappa shape index (κ2) is 8.17. The van der Waals surface area contributed by atoms with Crippen molar-refractivity contribution in [3.8, 4) is 5.75 Å². The number of methoxy groups -OCH3 is 1. The van der Waals surface area contributed by atoms with Crippen LogP contribution in [0.5, 0.6) is 5.75 Å². The van der Waals surface area contributed by atoms with Gasteiger partial charge in [0.05, 0.1) is 7.11 Å². The molecule has 0 unspecified atom stereocenters. The highest BCUT2D eigenvalue weighted by Crippen LogP contribution is 2.22. The average Bonchev–Trinajstić information content (AvgIpc) is 2.35. The molecule has 0 heterocycles. The third kappa shape index (κ3) is 6.07. The minimum atomic E-state index is 0.0761. The molecule has 0 bridgehead atoms. The Hall–Kier alpha value is -1.07. The smallest absolute Gasteiger partial charge is 0.221 e. The molecule has 2 N–H and O–H groups in total. The first-order valence-corrected chi connectivity index (χ1v) is 7.14. The summed E-state index contributed by atoms with van der Waals surface area (Å²) in [6.07, 6.45) is 0.486. The second-order valence-corrected chi connectivity index (χ2v) is 5.46. The third-order valence-corrected chi connectivity index (χ3v) is 3.32. The fourth-order valence-electron chi connectivity index (χ4n) is 1.63. The molecule has 0 radical (unpaired) electrons. The van der Waals surface area contributed by atoms with Crippen LogP contribution in [0.25, 0.3) is 0 Å². The van der Waals surface area contributed by atoms with E-state index in [0.29, 0.717) is 19.5 Å². The van der Waals surface area contributed by atoms with E-state index in [1.807, 2.05) is 32.0 Å². The third-order valence-electron chi connectivity index (χ3n) is 2.55. The fourth-order valence-corrected chi connectivity index (χ4v) is 2.02. The Kier molecular flexibility index (Phi) is 6.87. The van der Waals surface area contributed by atoms with Crippen LogP contribution in [0.1, 0.15) is 25.8 Å². The maximum atomic E-state index is 11.5. The lowest BCUT2D eigenvalue weighted by Crippen LogP contribution is -2.32. The molecule has 0 aromatic heterocycles. The Labute approximate surface area is 123 Å². The van der Waals surface area contributed by atoms with Crippen molar-refractivity contribution in [1.29, 1.82) is 0 Å². The van der Waals surface area contributed by atoms with Gasteiger partial charge in [-0.2, -0.15) is 0 Å². The Morgan fingerprint density at radius 1 is 1.42 bits per heavy atom. The van der Waals surface area contributed by atoms with Gasteiger partial charge in [0.15, 0.2) is 0 Å². The van der Waals surface area contributed by atoms with Gasteiger partial charge < -0.3 is 15.4 Å². The van der Waals surface area contributed by atoms with Crippen molar-refractivity contribution in [2.45, 2.75) is 32.9 Å². The lowest BCUT2D eigenvalue weighted by molar-refractivity contribution is -0.121. The molecule has 0 aliphatic rings. The molecule has 0 atom stereocenters. The van der Waals surface area contributed by atoms with Crippen molar-refractivity contribution in [3.63, 3.8) is 0 Å². The molecule has 0 aliphatic carbocycles. The van der Waals surface area contributed by atoms with Gasteiger partial charge in [0, 0.05) is 30.0 Å². The van der Waals surface area contributed by atoms with Gasteiger partial charge in [0.25, 0.3) is 0 Å². The summed E-state index contributed by atoms with van der Waals surface area (Å²) < 4.78 is 6.22. The van der Waals surface area contributed by atoms with E-state index in [-0.39, 0.29) is 11.9 Å². The van der Waals surface area contributed by atoms with Crippen molar-refractivity contribution < 1.29 is 9.53 Å². The van der Waals surface area contributed by atoms with Gasteiger partial charge in [-0.05, 0) is 37.6 Å². The average molecular weight is 329 g/mol. The Bertz CT molecular complexity index is 422. The van der Waals surface area contributed by atoms with Crippen LogP contribution in [0, 0.1) is 0 Å². The summed E-state index contributed by atoms with van der Waals surface area (Å²) >= 11 is 3.50. The fraction of sp³-hybridized carbons (Fsp3) is 0.500. The maximum Gasteiger partial charge on any atom is 0.221 e. The SMILES string of the molecule is COc1ccc(Br)c(CNCCC(=O)NC(C)C)c1. The molecule has 106 valence electrons. The molecule has 0 aliphatic heterocycles. The first kappa shape index (κ1) is 16.0. The van der Waals surface area contributed by atoms with Crippen LogP contribution in [-0.4, -0.2) is 25.6 Å². The van der Waals surface area contributed by atoms with E-state index < -0.39 is 0 Å². The highest BCUT2D eigenvalue weighted by molar-refractivity contribution is 9.10. The zero-order chi connectivity index (χ0) is 14.3. The van der Waals surface area contributed by atoms with Crippen LogP contribution in [0.2, 0.25) is 0 Å².